The Morgan fingerprint density at radius 1 is 1.22 bits per heavy atom. The van der Waals surface area contributed by atoms with Crippen LogP contribution in [0.1, 0.15) is 43.6 Å². The standard InChI is InChI=1S/C26H32N6O5/c1-26(2)36-15-19(37-26)14-35-18-7-9-27-22(11-18)30-25(34)32-17-8-10-31(13-17)21-6-5-20(29-23(21)32)24(33)28-12-16-3-4-16/h5-7,9,11,16-17,19H,3-4,8,10,12-15H2,1-2H3,(H,28,33)(H,27,30,34)/t17?,19-/m0/s1. The Hall–Kier alpha value is -3.44. The minimum atomic E-state index is -0.613. The lowest BCUT2D eigenvalue weighted by molar-refractivity contribution is -0.141. The Balaban J connectivity index is 1.16. The number of hydrogen-bond donors (Lipinski definition) is 2. The molecule has 3 fully saturated rings. The highest BCUT2D eigenvalue weighted by atomic mass is 16.7. The molecule has 11 heteroatoms. The maximum atomic E-state index is 13.5. The van der Waals surface area contributed by atoms with Crippen LogP contribution in [0.5, 0.6) is 5.75 Å². The molecule has 3 amide bonds. The van der Waals surface area contributed by atoms with Crippen LogP contribution in [0.4, 0.5) is 22.1 Å². The summed E-state index contributed by atoms with van der Waals surface area (Å²) in [7, 11) is 0. The van der Waals surface area contributed by atoms with Gasteiger partial charge >= 0.3 is 6.03 Å². The van der Waals surface area contributed by atoms with E-state index in [1.54, 1.807) is 29.3 Å². The third-order valence-corrected chi connectivity index (χ3v) is 7.12. The summed E-state index contributed by atoms with van der Waals surface area (Å²) in [5.74, 6) is 1.18. The fourth-order valence-corrected chi connectivity index (χ4v) is 5.02. The van der Waals surface area contributed by atoms with Crippen molar-refractivity contribution in [3.8, 4) is 5.75 Å². The van der Waals surface area contributed by atoms with Gasteiger partial charge in [-0.3, -0.25) is 15.0 Å². The van der Waals surface area contributed by atoms with E-state index in [2.05, 4.69) is 25.5 Å². The summed E-state index contributed by atoms with van der Waals surface area (Å²) in [6.45, 7) is 6.75. The SMILES string of the molecule is CC1(C)OC[C@H](COc2ccnc(NC(=O)N3c4nc(C(=O)NCC5CC5)ccc4N4CCC3C4)c2)O1. The van der Waals surface area contributed by atoms with Crippen LogP contribution in [0.2, 0.25) is 0 Å². The Kier molecular flexibility index (Phi) is 6.12. The van der Waals surface area contributed by atoms with Gasteiger partial charge in [0.2, 0.25) is 0 Å². The van der Waals surface area contributed by atoms with E-state index in [4.69, 9.17) is 14.2 Å². The van der Waals surface area contributed by atoms with Gasteiger partial charge in [0.1, 0.15) is 30.0 Å². The topological polar surface area (TPSA) is 118 Å². The van der Waals surface area contributed by atoms with E-state index in [-0.39, 0.29) is 24.1 Å². The molecule has 3 aliphatic heterocycles. The first-order chi connectivity index (χ1) is 17.8. The molecule has 196 valence electrons. The second kappa shape index (κ2) is 9.46. The largest absolute Gasteiger partial charge is 0.491 e. The van der Waals surface area contributed by atoms with E-state index in [1.807, 2.05) is 19.9 Å². The number of nitrogens with zero attached hydrogens (tertiary/aromatic N) is 4. The Bertz CT molecular complexity index is 1200. The van der Waals surface area contributed by atoms with E-state index in [0.29, 0.717) is 48.8 Å². The summed E-state index contributed by atoms with van der Waals surface area (Å²) >= 11 is 0. The number of anilines is 3. The van der Waals surface area contributed by atoms with Crippen molar-refractivity contribution in [2.75, 3.05) is 48.0 Å². The number of pyridine rings is 2. The molecule has 2 aromatic rings. The van der Waals surface area contributed by atoms with Crippen LogP contribution in [0.25, 0.3) is 0 Å². The molecule has 0 radical (unpaired) electrons. The average Bonchev–Trinajstić information content (AvgIpc) is 3.52. The Morgan fingerprint density at radius 2 is 2.08 bits per heavy atom. The number of hydrogen-bond acceptors (Lipinski definition) is 8. The van der Waals surface area contributed by atoms with Gasteiger partial charge in [-0.1, -0.05) is 0 Å². The van der Waals surface area contributed by atoms with E-state index >= 15 is 0 Å². The number of ether oxygens (including phenoxy) is 3. The first kappa shape index (κ1) is 23.9. The van der Waals surface area contributed by atoms with Crippen molar-refractivity contribution in [3.63, 3.8) is 0 Å². The monoisotopic (exact) mass is 508 g/mol. The van der Waals surface area contributed by atoms with Gasteiger partial charge in [0.25, 0.3) is 5.91 Å². The number of fused-ring (bicyclic) bond motifs is 4. The van der Waals surface area contributed by atoms with Crippen molar-refractivity contribution in [2.45, 2.75) is 51.0 Å². The molecule has 2 atom stereocenters. The lowest BCUT2D eigenvalue weighted by atomic mass is 10.1. The van der Waals surface area contributed by atoms with Crippen molar-refractivity contribution in [1.29, 1.82) is 0 Å². The number of aromatic nitrogens is 2. The zero-order chi connectivity index (χ0) is 25.6. The highest BCUT2D eigenvalue weighted by Crippen LogP contribution is 2.39. The van der Waals surface area contributed by atoms with Crippen LogP contribution < -0.4 is 25.2 Å². The Morgan fingerprint density at radius 3 is 2.86 bits per heavy atom. The summed E-state index contributed by atoms with van der Waals surface area (Å²) in [6, 6.07) is 6.66. The number of carbonyl (C=O) groups is 2. The van der Waals surface area contributed by atoms with Crippen molar-refractivity contribution >= 4 is 29.3 Å². The van der Waals surface area contributed by atoms with Crippen molar-refractivity contribution in [3.05, 3.63) is 36.2 Å². The predicted molar refractivity (Wildman–Crippen MR) is 136 cm³/mol. The molecule has 1 unspecified atom stereocenters. The van der Waals surface area contributed by atoms with Gasteiger partial charge in [0, 0.05) is 31.9 Å². The molecule has 2 aromatic heterocycles. The maximum absolute atomic E-state index is 13.5. The first-order valence-corrected chi connectivity index (χ1v) is 12.9. The quantitative estimate of drug-likeness (QED) is 0.586. The van der Waals surface area contributed by atoms with Gasteiger partial charge in [-0.15, -0.1) is 0 Å². The van der Waals surface area contributed by atoms with Crippen LogP contribution in [-0.4, -0.2) is 72.7 Å². The van der Waals surface area contributed by atoms with Gasteiger partial charge in [-0.2, -0.15) is 0 Å². The Labute approximate surface area is 215 Å². The lowest BCUT2D eigenvalue weighted by Crippen LogP contribution is -2.48. The second-order valence-corrected chi connectivity index (χ2v) is 10.5. The van der Waals surface area contributed by atoms with Crippen LogP contribution in [-0.2, 0) is 9.47 Å². The maximum Gasteiger partial charge on any atom is 0.329 e. The smallest absolute Gasteiger partial charge is 0.329 e. The molecular weight excluding hydrogens is 476 g/mol. The first-order valence-electron chi connectivity index (χ1n) is 12.9. The summed E-state index contributed by atoms with van der Waals surface area (Å²) in [4.78, 5) is 39.0. The molecule has 6 rings (SSSR count). The van der Waals surface area contributed by atoms with Crippen molar-refractivity contribution in [1.82, 2.24) is 15.3 Å². The lowest BCUT2D eigenvalue weighted by Gasteiger charge is -2.35. The van der Waals surface area contributed by atoms with E-state index in [0.717, 1.165) is 38.0 Å². The van der Waals surface area contributed by atoms with Gasteiger partial charge in [0.05, 0.1) is 18.3 Å². The number of nitrogens with one attached hydrogen (secondary N) is 2. The molecule has 37 heavy (non-hydrogen) atoms. The fraction of sp³-hybridized carbons (Fsp3) is 0.538. The van der Waals surface area contributed by atoms with Crippen LogP contribution >= 0.6 is 0 Å². The van der Waals surface area contributed by atoms with E-state index in [9.17, 15) is 9.59 Å². The molecule has 11 nitrogen and oxygen atoms in total. The number of amides is 3. The van der Waals surface area contributed by atoms with Crippen LogP contribution in [0, 0.1) is 5.92 Å². The van der Waals surface area contributed by atoms with Gasteiger partial charge in [-0.05, 0) is 57.2 Å². The fourth-order valence-electron chi connectivity index (χ4n) is 5.02. The average molecular weight is 509 g/mol. The molecule has 0 spiro atoms. The van der Waals surface area contributed by atoms with Crippen molar-refractivity contribution in [2.24, 2.45) is 5.92 Å². The molecular formula is C26H32N6O5. The number of urea groups is 1. The molecule has 2 saturated heterocycles. The summed E-state index contributed by atoms with van der Waals surface area (Å²) in [5.41, 5.74) is 1.17. The minimum absolute atomic E-state index is 0.0351. The number of carbonyl (C=O) groups excluding carboxylic acids is 2. The summed E-state index contributed by atoms with van der Waals surface area (Å²) in [5, 5.41) is 5.85. The molecule has 0 aromatic carbocycles. The molecule has 4 aliphatic rings. The predicted octanol–water partition coefficient (Wildman–Crippen LogP) is 2.78. The molecule has 1 aliphatic carbocycles. The zero-order valence-electron chi connectivity index (χ0n) is 21.1. The van der Waals surface area contributed by atoms with E-state index in [1.165, 1.54) is 0 Å². The molecule has 1 saturated carbocycles. The van der Waals surface area contributed by atoms with Crippen molar-refractivity contribution < 1.29 is 23.8 Å². The summed E-state index contributed by atoms with van der Waals surface area (Å²) < 4.78 is 17.2. The highest BCUT2D eigenvalue weighted by molar-refractivity contribution is 6.05. The van der Waals surface area contributed by atoms with Gasteiger partial charge < -0.3 is 24.4 Å². The highest BCUT2D eigenvalue weighted by Gasteiger charge is 2.41. The minimum Gasteiger partial charge on any atom is -0.491 e. The third kappa shape index (κ3) is 5.19. The zero-order valence-corrected chi connectivity index (χ0v) is 21.1. The summed E-state index contributed by atoms with van der Waals surface area (Å²) in [6.07, 6.45) is 4.55. The van der Waals surface area contributed by atoms with Gasteiger partial charge in [-0.25, -0.2) is 14.8 Å². The normalized spacial score (nSPS) is 23.5. The second-order valence-electron chi connectivity index (χ2n) is 10.5. The van der Waals surface area contributed by atoms with E-state index < -0.39 is 5.79 Å². The van der Waals surface area contributed by atoms with Gasteiger partial charge in [0.15, 0.2) is 11.6 Å². The third-order valence-electron chi connectivity index (χ3n) is 7.12. The van der Waals surface area contributed by atoms with Crippen LogP contribution in [0.15, 0.2) is 30.5 Å². The molecule has 5 heterocycles. The van der Waals surface area contributed by atoms with Crippen LogP contribution in [0.3, 0.4) is 0 Å². The molecule has 2 bridgehead atoms. The number of rotatable bonds is 7. The molecule has 2 N–H and O–H groups in total.